The van der Waals surface area contributed by atoms with Crippen molar-refractivity contribution in [3.63, 3.8) is 0 Å². The van der Waals surface area contributed by atoms with Crippen LogP contribution in [-0.2, 0) is 16.0 Å². The summed E-state index contributed by atoms with van der Waals surface area (Å²) in [5, 5.41) is 3.38. The molecular weight excluding hydrogens is 480 g/mol. The highest BCUT2D eigenvalue weighted by atomic mass is 32.1. The van der Waals surface area contributed by atoms with Crippen molar-refractivity contribution in [2.75, 3.05) is 31.5 Å². The molecular formula is C31H33N2O3S+. The van der Waals surface area contributed by atoms with Crippen LogP contribution >= 0.6 is 11.3 Å². The number of hydrogen-bond donors (Lipinski definition) is 1. The van der Waals surface area contributed by atoms with Crippen LogP contribution in [0.2, 0.25) is 0 Å². The minimum atomic E-state index is -0.584. The molecule has 4 aliphatic rings. The number of thiophene rings is 1. The van der Waals surface area contributed by atoms with Crippen LogP contribution in [0.5, 0.6) is 0 Å². The van der Waals surface area contributed by atoms with E-state index in [2.05, 4.69) is 23.5 Å². The molecule has 1 aromatic heterocycles. The Morgan fingerprint density at radius 3 is 2.49 bits per heavy atom. The maximum Gasteiger partial charge on any atom is 0.333 e. The van der Waals surface area contributed by atoms with Gasteiger partial charge in [0.2, 0.25) is 5.78 Å². The van der Waals surface area contributed by atoms with Crippen molar-refractivity contribution in [3.8, 4) is 0 Å². The number of quaternary nitrogens is 1. The van der Waals surface area contributed by atoms with Crippen molar-refractivity contribution < 1.29 is 18.8 Å². The van der Waals surface area contributed by atoms with Gasteiger partial charge in [0.25, 0.3) is 0 Å². The van der Waals surface area contributed by atoms with E-state index in [4.69, 9.17) is 4.74 Å². The Balaban J connectivity index is 1.17. The second kappa shape index (κ2) is 10.3. The van der Waals surface area contributed by atoms with E-state index in [1.165, 1.54) is 10.4 Å². The predicted molar refractivity (Wildman–Crippen MR) is 148 cm³/mol. The van der Waals surface area contributed by atoms with Gasteiger partial charge in [0.15, 0.2) is 12.1 Å². The third-order valence-electron chi connectivity index (χ3n) is 8.19. The SMILES string of the molecule is O=C(C[N+]12CCC(CC1)C(OC(=O)C(Nc1ccccc1)c1ccccc1)C2)c1cc2c(s1)CCC=C2. The molecule has 7 rings (SSSR count). The minimum absolute atomic E-state index is 0.161. The van der Waals surface area contributed by atoms with E-state index < -0.39 is 6.04 Å². The summed E-state index contributed by atoms with van der Waals surface area (Å²) in [6.07, 6.45) is 8.25. The first-order valence-corrected chi connectivity index (χ1v) is 14.1. The fourth-order valence-electron chi connectivity index (χ4n) is 6.14. The third-order valence-corrected chi connectivity index (χ3v) is 9.45. The number of ketones is 1. The number of aryl methyl sites for hydroxylation is 1. The second-order valence-corrected chi connectivity index (χ2v) is 11.8. The Bertz CT molecular complexity index is 1290. The van der Waals surface area contributed by atoms with Crippen molar-refractivity contribution in [3.05, 3.63) is 93.7 Å². The number of nitrogens with zero attached hydrogens (tertiary/aromatic N) is 1. The number of esters is 1. The number of ether oxygens (including phenoxy) is 1. The summed E-state index contributed by atoms with van der Waals surface area (Å²) in [6, 6.07) is 21.0. The zero-order valence-corrected chi connectivity index (χ0v) is 21.8. The molecule has 1 aliphatic carbocycles. The van der Waals surface area contributed by atoms with Crippen molar-refractivity contribution in [2.24, 2.45) is 5.92 Å². The average Bonchev–Trinajstić information content (AvgIpc) is 3.38. The molecule has 3 saturated heterocycles. The van der Waals surface area contributed by atoms with Crippen LogP contribution in [0.1, 0.15) is 51.0 Å². The number of para-hydroxylation sites is 1. The van der Waals surface area contributed by atoms with Crippen molar-refractivity contribution in [2.45, 2.75) is 37.8 Å². The first-order chi connectivity index (χ1) is 18.1. The Morgan fingerprint density at radius 2 is 1.76 bits per heavy atom. The molecule has 0 amide bonds. The summed E-state index contributed by atoms with van der Waals surface area (Å²) in [6.45, 7) is 3.19. The van der Waals surface area contributed by atoms with E-state index >= 15 is 0 Å². The van der Waals surface area contributed by atoms with Gasteiger partial charge in [0.1, 0.15) is 13.1 Å². The normalized spacial score (nSPS) is 24.8. The van der Waals surface area contributed by atoms with Crippen LogP contribution in [0.25, 0.3) is 6.08 Å². The van der Waals surface area contributed by atoms with E-state index in [0.29, 0.717) is 12.5 Å². The summed E-state index contributed by atoms with van der Waals surface area (Å²) >= 11 is 1.66. The highest BCUT2D eigenvalue weighted by Crippen LogP contribution is 2.37. The van der Waals surface area contributed by atoms with Crippen LogP contribution in [0.15, 0.2) is 72.8 Å². The maximum absolute atomic E-state index is 13.6. The maximum atomic E-state index is 13.6. The molecule has 2 bridgehead atoms. The second-order valence-electron chi connectivity index (χ2n) is 10.6. The van der Waals surface area contributed by atoms with Crippen LogP contribution < -0.4 is 5.32 Å². The summed E-state index contributed by atoms with van der Waals surface area (Å²) in [4.78, 5) is 29.2. The van der Waals surface area contributed by atoms with Gasteiger partial charge in [-0.15, -0.1) is 11.3 Å². The summed E-state index contributed by atoms with van der Waals surface area (Å²) in [7, 11) is 0. The van der Waals surface area contributed by atoms with E-state index in [0.717, 1.165) is 65.9 Å². The molecule has 2 aromatic carbocycles. The van der Waals surface area contributed by atoms with Crippen LogP contribution in [0.3, 0.4) is 0 Å². The Morgan fingerprint density at radius 1 is 1.03 bits per heavy atom. The van der Waals surface area contributed by atoms with Crippen LogP contribution in [-0.4, -0.2) is 48.5 Å². The fraction of sp³-hybridized carbons (Fsp3) is 0.355. The topological polar surface area (TPSA) is 55.4 Å². The van der Waals surface area contributed by atoms with Gasteiger partial charge in [-0.2, -0.15) is 0 Å². The molecule has 0 spiro atoms. The molecule has 5 nitrogen and oxygen atoms in total. The molecule has 2 atom stereocenters. The zero-order chi connectivity index (χ0) is 25.2. The van der Waals surface area contributed by atoms with Gasteiger partial charge >= 0.3 is 5.97 Å². The van der Waals surface area contributed by atoms with E-state index in [1.54, 1.807) is 11.3 Å². The van der Waals surface area contributed by atoms with E-state index in [9.17, 15) is 9.59 Å². The van der Waals surface area contributed by atoms with Crippen molar-refractivity contribution >= 4 is 34.9 Å². The van der Waals surface area contributed by atoms with E-state index in [1.807, 2.05) is 60.7 Å². The number of hydrogen-bond acceptors (Lipinski definition) is 5. The summed E-state index contributed by atoms with van der Waals surface area (Å²) in [5.74, 6) is 0.341. The van der Waals surface area contributed by atoms with Gasteiger partial charge in [-0.3, -0.25) is 4.79 Å². The molecule has 37 heavy (non-hydrogen) atoms. The quantitative estimate of drug-likeness (QED) is 0.232. The van der Waals surface area contributed by atoms with Gasteiger partial charge in [0.05, 0.1) is 18.0 Å². The number of piperidine rings is 3. The lowest BCUT2D eigenvalue weighted by Gasteiger charge is -2.51. The molecule has 3 fully saturated rings. The van der Waals surface area contributed by atoms with Crippen LogP contribution in [0.4, 0.5) is 5.69 Å². The largest absolute Gasteiger partial charge is 0.454 e. The lowest BCUT2D eigenvalue weighted by Crippen LogP contribution is -2.65. The molecule has 0 saturated carbocycles. The molecule has 6 heteroatoms. The Kier molecular flexibility index (Phi) is 6.70. The number of Topliss-reactive ketones (excluding diaryl/α,β-unsaturated/α-hetero) is 1. The molecule has 4 heterocycles. The van der Waals surface area contributed by atoms with Crippen molar-refractivity contribution in [1.82, 2.24) is 0 Å². The Labute approximate surface area is 222 Å². The van der Waals surface area contributed by atoms with E-state index in [-0.39, 0.29) is 17.9 Å². The Hall–Kier alpha value is -3.22. The number of anilines is 1. The molecule has 1 N–H and O–H groups in total. The van der Waals surface area contributed by atoms with Crippen molar-refractivity contribution in [1.29, 1.82) is 0 Å². The summed E-state index contributed by atoms with van der Waals surface area (Å²) < 4.78 is 6.99. The van der Waals surface area contributed by atoms with Gasteiger partial charge in [-0.25, -0.2) is 4.79 Å². The number of allylic oxidation sites excluding steroid dienone is 1. The molecule has 190 valence electrons. The highest BCUT2D eigenvalue weighted by Gasteiger charge is 2.49. The lowest BCUT2D eigenvalue weighted by molar-refractivity contribution is -0.938. The lowest BCUT2D eigenvalue weighted by atomic mass is 9.83. The number of rotatable bonds is 8. The molecule has 0 radical (unpaired) electrons. The standard InChI is InChI=1S/C31H33N2O3S/c34-26(29-19-24-11-7-8-14-28(24)37-29)20-33-17-15-22(16-18-33)27(21-33)36-31(35)30(23-9-3-1-4-10-23)32-25-12-5-2-6-13-25/h1-7,9-13,19,22,27,30,32H,8,14-18,20-21H2/q+1. The highest BCUT2D eigenvalue weighted by molar-refractivity contribution is 7.14. The van der Waals surface area contributed by atoms with Gasteiger partial charge in [-0.1, -0.05) is 60.7 Å². The number of benzene rings is 2. The number of nitrogens with one attached hydrogen (secondary N) is 1. The first-order valence-electron chi connectivity index (χ1n) is 13.3. The predicted octanol–water partition coefficient (Wildman–Crippen LogP) is 5.90. The smallest absolute Gasteiger partial charge is 0.333 e. The average molecular weight is 514 g/mol. The van der Waals surface area contributed by atoms with Gasteiger partial charge in [0, 0.05) is 29.3 Å². The third kappa shape index (κ3) is 5.13. The van der Waals surface area contributed by atoms with Gasteiger partial charge < -0.3 is 14.5 Å². The van der Waals surface area contributed by atoms with Gasteiger partial charge in [-0.05, 0) is 42.2 Å². The summed E-state index contributed by atoms with van der Waals surface area (Å²) in [5.41, 5.74) is 2.97. The number of carbonyl (C=O) groups excluding carboxylic acids is 2. The molecule has 3 aromatic rings. The fourth-order valence-corrected chi connectivity index (χ4v) is 7.24. The molecule has 3 aliphatic heterocycles. The molecule has 2 unspecified atom stereocenters. The number of fused-ring (bicyclic) bond motifs is 4. The zero-order valence-electron chi connectivity index (χ0n) is 21.0. The monoisotopic (exact) mass is 513 g/mol. The number of carbonyl (C=O) groups is 2. The van der Waals surface area contributed by atoms with Crippen LogP contribution in [0, 0.1) is 5.92 Å². The first kappa shape index (κ1) is 24.1. The minimum Gasteiger partial charge on any atom is -0.454 e.